The van der Waals surface area contributed by atoms with Crippen LogP contribution in [0.1, 0.15) is 6.92 Å². The van der Waals surface area contributed by atoms with Gasteiger partial charge in [0.15, 0.2) is 5.82 Å². The molecule has 0 aliphatic heterocycles. The van der Waals surface area contributed by atoms with Crippen LogP contribution >= 0.6 is 0 Å². The lowest BCUT2D eigenvalue weighted by molar-refractivity contribution is -0.193. The summed E-state index contributed by atoms with van der Waals surface area (Å²) in [6.45, 7) is 0.420. The number of rotatable bonds is 3. The smallest absolute Gasteiger partial charge is 0.422 e. The summed E-state index contributed by atoms with van der Waals surface area (Å²) in [6, 6.07) is 0. The Balaban J connectivity index is 3.26. The van der Waals surface area contributed by atoms with E-state index in [0.29, 0.717) is 6.92 Å². The second-order valence-electron chi connectivity index (χ2n) is 3.74. The summed E-state index contributed by atoms with van der Waals surface area (Å²) in [6.07, 6.45) is -2.76. The van der Waals surface area contributed by atoms with Crippen molar-refractivity contribution >= 4 is 11.8 Å². The Morgan fingerprint density at radius 2 is 2.06 bits per heavy atom. The van der Waals surface area contributed by atoms with E-state index in [1.807, 2.05) is 0 Å². The van der Waals surface area contributed by atoms with Crippen LogP contribution in [0.4, 0.5) is 19.0 Å². The molecule has 0 spiro atoms. The number of anilines is 1. The predicted octanol–water partition coefficient (Wildman–Crippen LogP) is 0.598. The summed E-state index contributed by atoms with van der Waals surface area (Å²) in [5.74, 6) is -2.83. The molecular weight excluding hydrogens is 255 g/mol. The van der Waals surface area contributed by atoms with Gasteiger partial charge in [0.1, 0.15) is 0 Å². The third-order valence-corrected chi connectivity index (χ3v) is 2.38. The van der Waals surface area contributed by atoms with E-state index in [4.69, 9.17) is 5.11 Å². The van der Waals surface area contributed by atoms with Gasteiger partial charge < -0.3 is 15.0 Å². The summed E-state index contributed by atoms with van der Waals surface area (Å²) in [4.78, 5) is 25.6. The van der Waals surface area contributed by atoms with Crippen LogP contribution in [-0.2, 0) is 11.8 Å². The van der Waals surface area contributed by atoms with E-state index in [1.54, 1.807) is 5.32 Å². The topological polar surface area (TPSA) is 84.2 Å². The van der Waals surface area contributed by atoms with Crippen molar-refractivity contribution in [2.24, 2.45) is 7.05 Å². The first-order valence-corrected chi connectivity index (χ1v) is 4.69. The molecule has 0 saturated heterocycles. The minimum Gasteiger partial charge on any atom is -0.479 e. The number of halogens is 3. The van der Waals surface area contributed by atoms with Crippen molar-refractivity contribution in [1.29, 1.82) is 0 Å². The highest BCUT2D eigenvalue weighted by atomic mass is 19.4. The Morgan fingerprint density at radius 3 is 2.50 bits per heavy atom. The molecule has 9 heteroatoms. The van der Waals surface area contributed by atoms with Crippen molar-refractivity contribution in [1.82, 2.24) is 9.55 Å². The summed E-state index contributed by atoms with van der Waals surface area (Å²) >= 11 is 0. The van der Waals surface area contributed by atoms with Gasteiger partial charge in [-0.15, -0.1) is 0 Å². The molecule has 0 saturated carbocycles. The Kier molecular flexibility index (Phi) is 3.36. The summed E-state index contributed by atoms with van der Waals surface area (Å²) in [7, 11) is 1.31. The van der Waals surface area contributed by atoms with Crippen molar-refractivity contribution in [3.8, 4) is 0 Å². The fourth-order valence-electron chi connectivity index (χ4n) is 1.07. The maximum absolute atomic E-state index is 12.7. The molecule has 0 radical (unpaired) electrons. The van der Waals surface area contributed by atoms with Crippen molar-refractivity contribution in [2.45, 2.75) is 18.6 Å². The lowest BCUT2D eigenvalue weighted by Crippen LogP contribution is -2.56. The average molecular weight is 265 g/mol. The highest BCUT2D eigenvalue weighted by Gasteiger charge is 2.58. The number of carboxylic acid groups (broad SMARTS) is 1. The van der Waals surface area contributed by atoms with Crippen LogP contribution in [0, 0.1) is 0 Å². The second-order valence-corrected chi connectivity index (χ2v) is 3.74. The predicted molar refractivity (Wildman–Crippen MR) is 55.2 cm³/mol. The molecule has 100 valence electrons. The van der Waals surface area contributed by atoms with E-state index in [-0.39, 0.29) is 0 Å². The highest BCUT2D eigenvalue weighted by Crippen LogP contribution is 2.32. The first-order valence-electron chi connectivity index (χ1n) is 4.69. The van der Waals surface area contributed by atoms with Crippen LogP contribution < -0.4 is 10.9 Å². The van der Waals surface area contributed by atoms with Crippen molar-refractivity contribution < 1.29 is 23.1 Å². The molecule has 0 fully saturated rings. The zero-order valence-corrected chi connectivity index (χ0v) is 9.45. The zero-order chi connectivity index (χ0) is 14.1. The summed E-state index contributed by atoms with van der Waals surface area (Å²) in [5.41, 5.74) is -4.14. The van der Waals surface area contributed by atoms with E-state index < -0.39 is 29.1 Å². The third-order valence-electron chi connectivity index (χ3n) is 2.38. The van der Waals surface area contributed by atoms with Gasteiger partial charge >= 0.3 is 12.1 Å². The van der Waals surface area contributed by atoms with Crippen LogP contribution in [0.5, 0.6) is 0 Å². The first-order chi connectivity index (χ1) is 8.09. The lowest BCUT2D eigenvalue weighted by atomic mass is 10.0. The molecular formula is C9H10F3N3O3. The monoisotopic (exact) mass is 265 g/mol. The van der Waals surface area contributed by atoms with E-state index in [1.165, 1.54) is 13.2 Å². The molecule has 0 amide bonds. The fraction of sp³-hybridized carbons (Fsp3) is 0.444. The van der Waals surface area contributed by atoms with Crippen LogP contribution in [0.25, 0.3) is 0 Å². The number of aliphatic carboxylic acids is 1. The molecule has 1 atom stereocenters. The number of nitrogens with zero attached hydrogens (tertiary/aromatic N) is 2. The van der Waals surface area contributed by atoms with Gasteiger partial charge in [0, 0.05) is 19.4 Å². The number of carbonyl (C=O) groups is 1. The Bertz CT molecular complexity index is 526. The molecule has 0 aliphatic rings. The van der Waals surface area contributed by atoms with E-state index in [9.17, 15) is 22.8 Å². The van der Waals surface area contributed by atoms with E-state index >= 15 is 0 Å². The van der Waals surface area contributed by atoms with Crippen LogP contribution in [0.15, 0.2) is 17.2 Å². The quantitative estimate of drug-likeness (QED) is 0.836. The van der Waals surface area contributed by atoms with Crippen molar-refractivity contribution in [3.05, 3.63) is 22.7 Å². The molecule has 0 aromatic carbocycles. The highest BCUT2D eigenvalue weighted by molar-refractivity contribution is 5.83. The number of nitrogens with one attached hydrogen (secondary N) is 1. The van der Waals surface area contributed by atoms with Gasteiger partial charge in [-0.05, 0) is 6.92 Å². The number of alkyl halides is 3. The van der Waals surface area contributed by atoms with Gasteiger partial charge in [-0.25, -0.2) is 9.78 Å². The van der Waals surface area contributed by atoms with Gasteiger partial charge in [0.25, 0.3) is 5.56 Å². The first kappa shape index (κ1) is 14.0. The number of aromatic nitrogens is 2. The third kappa shape index (κ3) is 2.29. The summed E-state index contributed by atoms with van der Waals surface area (Å²) in [5, 5.41) is 10.3. The Hall–Kier alpha value is -2.06. The molecule has 1 aromatic rings. The number of hydrogen-bond donors (Lipinski definition) is 2. The molecule has 0 bridgehead atoms. The minimum absolute atomic E-state index is 0.420. The SMILES string of the molecule is Cn1ccnc(NC(C)(C(=O)O)C(F)(F)F)c1=O. The van der Waals surface area contributed by atoms with Crippen LogP contribution in [0.3, 0.4) is 0 Å². The molecule has 1 rings (SSSR count). The van der Waals surface area contributed by atoms with E-state index in [0.717, 1.165) is 10.8 Å². The summed E-state index contributed by atoms with van der Waals surface area (Å²) < 4.78 is 39.1. The average Bonchev–Trinajstić information content (AvgIpc) is 2.22. The van der Waals surface area contributed by atoms with Crippen molar-refractivity contribution in [3.63, 3.8) is 0 Å². The largest absolute Gasteiger partial charge is 0.479 e. The van der Waals surface area contributed by atoms with Crippen LogP contribution in [0.2, 0.25) is 0 Å². The Labute approximate surface area is 99.1 Å². The molecule has 2 N–H and O–H groups in total. The van der Waals surface area contributed by atoms with Gasteiger partial charge in [0.2, 0.25) is 5.54 Å². The van der Waals surface area contributed by atoms with Gasteiger partial charge in [0.05, 0.1) is 0 Å². The molecule has 0 aliphatic carbocycles. The molecule has 18 heavy (non-hydrogen) atoms. The zero-order valence-electron chi connectivity index (χ0n) is 9.45. The normalized spacial score (nSPS) is 14.9. The van der Waals surface area contributed by atoms with Gasteiger partial charge in [-0.2, -0.15) is 13.2 Å². The second kappa shape index (κ2) is 4.31. The molecule has 6 nitrogen and oxygen atoms in total. The number of hydrogen-bond acceptors (Lipinski definition) is 4. The molecule has 1 heterocycles. The fourth-order valence-corrected chi connectivity index (χ4v) is 1.07. The van der Waals surface area contributed by atoms with Gasteiger partial charge in [-0.1, -0.05) is 0 Å². The van der Waals surface area contributed by atoms with Gasteiger partial charge in [-0.3, -0.25) is 4.79 Å². The number of aryl methyl sites for hydroxylation is 1. The van der Waals surface area contributed by atoms with E-state index in [2.05, 4.69) is 4.98 Å². The maximum Gasteiger partial charge on any atom is 0.422 e. The minimum atomic E-state index is -5.08. The van der Waals surface area contributed by atoms with Crippen molar-refractivity contribution in [2.75, 3.05) is 5.32 Å². The standard InChI is InChI=1S/C9H10F3N3O3/c1-8(7(17)18,9(10,11)12)14-5-6(16)15(2)4-3-13-5/h3-4H,1-2H3,(H,13,14)(H,17,18). The maximum atomic E-state index is 12.7. The number of carboxylic acids is 1. The lowest BCUT2D eigenvalue weighted by Gasteiger charge is -2.28. The molecule has 1 unspecified atom stereocenters. The molecule has 1 aromatic heterocycles. The van der Waals surface area contributed by atoms with Crippen LogP contribution in [-0.4, -0.2) is 32.3 Å². The Morgan fingerprint density at radius 1 is 1.50 bits per heavy atom.